The zero-order valence-electron chi connectivity index (χ0n) is 13.7. The van der Waals surface area contributed by atoms with Crippen LogP contribution < -0.4 is 5.32 Å². The average Bonchev–Trinajstić information content (AvgIpc) is 3.12. The number of aromatic nitrogens is 6. The molecule has 4 heterocycles. The summed E-state index contributed by atoms with van der Waals surface area (Å²) in [5.41, 5.74) is 1.85. The fourth-order valence-electron chi connectivity index (χ4n) is 3.19. The molecule has 0 saturated carbocycles. The molecule has 0 aliphatic carbocycles. The molecule has 0 saturated heterocycles. The normalized spacial score (nSPS) is 17.0. The van der Waals surface area contributed by atoms with Crippen LogP contribution in [-0.4, -0.2) is 41.1 Å². The van der Waals surface area contributed by atoms with Crippen LogP contribution in [0.4, 0.5) is 0 Å². The lowest BCUT2D eigenvalue weighted by atomic mass is 10.1. The molecule has 8 nitrogen and oxygen atoms in total. The summed E-state index contributed by atoms with van der Waals surface area (Å²) in [5.74, 6) is 2.05. The largest absolute Gasteiger partial charge is 0.351 e. The van der Waals surface area contributed by atoms with E-state index in [2.05, 4.69) is 29.9 Å². The predicted molar refractivity (Wildman–Crippen MR) is 86.4 cm³/mol. The number of hydrogen-bond acceptors (Lipinski definition) is 5. The first kappa shape index (κ1) is 14.8. The number of imidazole rings is 1. The monoisotopic (exact) mass is 325 g/mol. The molecule has 3 aromatic rings. The molecule has 3 aromatic heterocycles. The molecule has 1 atom stereocenters. The summed E-state index contributed by atoms with van der Waals surface area (Å²) in [6.45, 7) is 4.63. The molecule has 4 rings (SSSR count). The Balaban J connectivity index is 1.44. The van der Waals surface area contributed by atoms with Gasteiger partial charge >= 0.3 is 0 Å². The van der Waals surface area contributed by atoms with Crippen LogP contribution in [0.15, 0.2) is 18.5 Å². The molecular weight excluding hydrogens is 306 g/mol. The standard InChI is InChI=1S/C16H19N7O/c1-10-7-11(2)23-16(18-10)20-13(21-23)8-15(24)19-12-3-4-14-17-5-6-22(14)9-12/h5-7,12H,3-4,8-9H2,1-2H3,(H,19,24)/t12-/m1/s1. The fourth-order valence-corrected chi connectivity index (χ4v) is 3.19. The molecule has 0 radical (unpaired) electrons. The summed E-state index contributed by atoms with van der Waals surface area (Å²) >= 11 is 0. The van der Waals surface area contributed by atoms with Gasteiger partial charge in [0.1, 0.15) is 5.82 Å². The van der Waals surface area contributed by atoms with Gasteiger partial charge < -0.3 is 9.88 Å². The van der Waals surface area contributed by atoms with Gasteiger partial charge in [-0.1, -0.05) is 0 Å². The first-order valence-corrected chi connectivity index (χ1v) is 8.08. The minimum Gasteiger partial charge on any atom is -0.351 e. The van der Waals surface area contributed by atoms with Gasteiger partial charge in [0.05, 0.1) is 6.42 Å². The molecule has 8 heteroatoms. The van der Waals surface area contributed by atoms with Gasteiger partial charge in [-0.25, -0.2) is 14.5 Å². The summed E-state index contributed by atoms with van der Waals surface area (Å²) in [4.78, 5) is 25.3. The van der Waals surface area contributed by atoms with E-state index in [4.69, 9.17) is 0 Å². The highest BCUT2D eigenvalue weighted by Crippen LogP contribution is 2.13. The third-order valence-corrected chi connectivity index (χ3v) is 4.28. The van der Waals surface area contributed by atoms with E-state index in [-0.39, 0.29) is 18.4 Å². The minimum absolute atomic E-state index is 0.0613. The van der Waals surface area contributed by atoms with Crippen molar-refractivity contribution in [2.75, 3.05) is 0 Å². The highest BCUT2D eigenvalue weighted by Gasteiger charge is 2.21. The van der Waals surface area contributed by atoms with E-state index < -0.39 is 0 Å². The van der Waals surface area contributed by atoms with E-state index >= 15 is 0 Å². The number of amides is 1. The molecule has 124 valence electrons. The Morgan fingerprint density at radius 2 is 2.25 bits per heavy atom. The van der Waals surface area contributed by atoms with Crippen LogP contribution in [0.2, 0.25) is 0 Å². The van der Waals surface area contributed by atoms with E-state index in [0.717, 1.165) is 36.6 Å². The molecule has 24 heavy (non-hydrogen) atoms. The number of hydrogen-bond donors (Lipinski definition) is 1. The van der Waals surface area contributed by atoms with Gasteiger partial charge in [0.15, 0.2) is 5.82 Å². The number of rotatable bonds is 3. The second-order valence-corrected chi connectivity index (χ2v) is 6.25. The Bertz CT molecular complexity index is 910. The second-order valence-electron chi connectivity index (χ2n) is 6.25. The lowest BCUT2D eigenvalue weighted by Crippen LogP contribution is -2.41. The highest BCUT2D eigenvalue weighted by atomic mass is 16.1. The maximum Gasteiger partial charge on any atom is 0.252 e. The minimum atomic E-state index is -0.0613. The topological polar surface area (TPSA) is 90.0 Å². The van der Waals surface area contributed by atoms with Gasteiger partial charge in [-0.2, -0.15) is 4.98 Å². The summed E-state index contributed by atoms with van der Waals surface area (Å²) in [6, 6.07) is 2.06. The molecule has 1 aliphatic heterocycles. The third kappa shape index (κ3) is 2.75. The number of fused-ring (bicyclic) bond motifs is 2. The van der Waals surface area contributed by atoms with Crippen molar-refractivity contribution >= 4 is 11.7 Å². The van der Waals surface area contributed by atoms with Gasteiger partial charge in [0.2, 0.25) is 5.91 Å². The zero-order chi connectivity index (χ0) is 16.7. The number of carbonyl (C=O) groups is 1. The first-order chi connectivity index (χ1) is 11.6. The van der Waals surface area contributed by atoms with Gasteiger partial charge in [-0.3, -0.25) is 4.79 Å². The molecule has 0 aromatic carbocycles. The maximum atomic E-state index is 12.3. The van der Waals surface area contributed by atoms with E-state index in [9.17, 15) is 4.79 Å². The second kappa shape index (κ2) is 5.70. The van der Waals surface area contributed by atoms with Gasteiger partial charge in [0, 0.05) is 42.8 Å². The summed E-state index contributed by atoms with van der Waals surface area (Å²) in [6.07, 6.45) is 5.70. The van der Waals surface area contributed by atoms with Crippen molar-refractivity contribution in [2.24, 2.45) is 0 Å². The van der Waals surface area contributed by atoms with Gasteiger partial charge in [-0.15, -0.1) is 5.10 Å². The smallest absolute Gasteiger partial charge is 0.252 e. The number of aryl methyl sites for hydroxylation is 3. The van der Waals surface area contributed by atoms with Crippen molar-refractivity contribution < 1.29 is 4.79 Å². The van der Waals surface area contributed by atoms with E-state index in [0.29, 0.717) is 11.6 Å². The average molecular weight is 325 g/mol. The highest BCUT2D eigenvalue weighted by molar-refractivity contribution is 5.78. The van der Waals surface area contributed by atoms with Crippen molar-refractivity contribution in [1.29, 1.82) is 0 Å². The Kier molecular flexibility index (Phi) is 3.51. The molecule has 1 aliphatic rings. The summed E-state index contributed by atoms with van der Waals surface area (Å²) in [5, 5.41) is 7.45. The van der Waals surface area contributed by atoms with Crippen LogP contribution in [0.5, 0.6) is 0 Å². The van der Waals surface area contributed by atoms with E-state index in [1.165, 1.54) is 0 Å². The van der Waals surface area contributed by atoms with E-state index in [1.54, 1.807) is 10.7 Å². The van der Waals surface area contributed by atoms with Crippen LogP contribution >= 0.6 is 0 Å². The quantitative estimate of drug-likeness (QED) is 0.762. The predicted octanol–water partition coefficient (Wildman–Crippen LogP) is 0.611. The molecule has 1 N–H and O–H groups in total. The van der Waals surface area contributed by atoms with Gasteiger partial charge in [-0.05, 0) is 26.3 Å². The van der Waals surface area contributed by atoms with Crippen LogP contribution in [0.1, 0.15) is 29.5 Å². The SMILES string of the molecule is Cc1cc(C)n2nc(CC(=O)N[C@@H]3CCc4nccn4C3)nc2n1. The lowest BCUT2D eigenvalue weighted by Gasteiger charge is -2.24. The lowest BCUT2D eigenvalue weighted by molar-refractivity contribution is -0.121. The number of carbonyl (C=O) groups excluding carboxylic acids is 1. The van der Waals surface area contributed by atoms with Gasteiger partial charge in [0.25, 0.3) is 5.78 Å². The molecular formula is C16H19N7O. The van der Waals surface area contributed by atoms with E-state index in [1.807, 2.05) is 26.1 Å². The Morgan fingerprint density at radius 1 is 1.38 bits per heavy atom. The van der Waals surface area contributed by atoms with Crippen molar-refractivity contribution in [3.63, 3.8) is 0 Å². The fraction of sp³-hybridized carbons (Fsp3) is 0.438. The van der Waals surface area contributed by atoms with Crippen LogP contribution in [0, 0.1) is 13.8 Å². The Morgan fingerprint density at radius 3 is 3.12 bits per heavy atom. The number of nitrogens with one attached hydrogen (secondary N) is 1. The summed E-state index contributed by atoms with van der Waals surface area (Å²) < 4.78 is 3.77. The third-order valence-electron chi connectivity index (χ3n) is 4.28. The maximum absolute atomic E-state index is 12.3. The van der Waals surface area contributed by atoms with Crippen LogP contribution in [0.3, 0.4) is 0 Å². The molecule has 0 bridgehead atoms. The van der Waals surface area contributed by atoms with Crippen molar-refractivity contribution in [2.45, 2.75) is 45.7 Å². The van der Waals surface area contributed by atoms with Crippen molar-refractivity contribution in [1.82, 2.24) is 34.4 Å². The zero-order valence-corrected chi connectivity index (χ0v) is 13.7. The molecule has 0 unspecified atom stereocenters. The molecule has 1 amide bonds. The van der Waals surface area contributed by atoms with Crippen molar-refractivity contribution in [3.05, 3.63) is 41.5 Å². The first-order valence-electron chi connectivity index (χ1n) is 8.08. The Labute approximate surface area is 138 Å². The van der Waals surface area contributed by atoms with Crippen LogP contribution in [0.25, 0.3) is 5.78 Å². The van der Waals surface area contributed by atoms with Crippen molar-refractivity contribution in [3.8, 4) is 0 Å². The molecule has 0 spiro atoms. The Hall–Kier alpha value is -2.77. The summed E-state index contributed by atoms with van der Waals surface area (Å²) in [7, 11) is 0. The van der Waals surface area contributed by atoms with Crippen LogP contribution in [-0.2, 0) is 24.2 Å². The number of nitrogens with zero attached hydrogens (tertiary/aromatic N) is 6. The molecule has 0 fully saturated rings.